The maximum atomic E-state index is 12.2. The van der Waals surface area contributed by atoms with Crippen LogP contribution in [0.4, 0.5) is 4.79 Å². The summed E-state index contributed by atoms with van der Waals surface area (Å²) in [5.41, 5.74) is 2.78. The molecule has 1 heterocycles. The number of hydrogen-bond donors (Lipinski definition) is 2. The molecule has 1 saturated carbocycles. The predicted molar refractivity (Wildman–Crippen MR) is 67.5 cm³/mol. The average Bonchev–Trinajstić information content (AvgIpc) is 2.90. The van der Waals surface area contributed by atoms with Gasteiger partial charge < -0.3 is 14.7 Å². The van der Waals surface area contributed by atoms with Crippen LogP contribution in [-0.4, -0.2) is 65.9 Å². The molecule has 0 radical (unpaired) electrons. The number of carbonyl (C=O) groups excluding carboxylic acids is 1. The monoisotopic (exact) mass is 271 g/mol. The van der Waals surface area contributed by atoms with Gasteiger partial charge in [-0.25, -0.2) is 9.80 Å². The lowest BCUT2D eigenvalue weighted by molar-refractivity contribution is -0.138. The third-order valence-corrected chi connectivity index (χ3v) is 3.60. The number of nitrogens with one attached hydrogen (secondary N) is 1. The zero-order valence-corrected chi connectivity index (χ0v) is 11.0. The molecular formula is C12H21N3O4. The van der Waals surface area contributed by atoms with Gasteiger partial charge in [-0.05, 0) is 12.8 Å². The molecule has 1 aliphatic carbocycles. The van der Waals surface area contributed by atoms with Crippen LogP contribution in [0.25, 0.3) is 0 Å². The maximum Gasteiger partial charge on any atom is 0.332 e. The fourth-order valence-electron chi connectivity index (χ4n) is 2.60. The van der Waals surface area contributed by atoms with E-state index in [1.54, 1.807) is 5.01 Å². The van der Waals surface area contributed by atoms with Gasteiger partial charge in [0.15, 0.2) is 0 Å². The van der Waals surface area contributed by atoms with Gasteiger partial charge in [-0.15, -0.1) is 0 Å². The second-order valence-corrected chi connectivity index (χ2v) is 4.98. The molecule has 1 saturated heterocycles. The van der Waals surface area contributed by atoms with E-state index in [1.165, 1.54) is 4.90 Å². The number of hydrogen-bond acceptors (Lipinski definition) is 4. The van der Waals surface area contributed by atoms with Gasteiger partial charge >= 0.3 is 12.0 Å². The van der Waals surface area contributed by atoms with Crippen LogP contribution in [0, 0.1) is 0 Å². The van der Waals surface area contributed by atoms with Crippen molar-refractivity contribution in [3.05, 3.63) is 0 Å². The Morgan fingerprint density at radius 2 is 1.89 bits per heavy atom. The van der Waals surface area contributed by atoms with E-state index < -0.39 is 5.97 Å². The molecule has 1 aliphatic heterocycles. The molecule has 0 aromatic carbocycles. The lowest BCUT2D eigenvalue weighted by atomic mass is 10.2. The summed E-state index contributed by atoms with van der Waals surface area (Å²) in [4.78, 5) is 24.6. The fourth-order valence-corrected chi connectivity index (χ4v) is 2.60. The quantitative estimate of drug-likeness (QED) is 0.767. The smallest absolute Gasteiger partial charge is 0.332 e. The van der Waals surface area contributed by atoms with Crippen LogP contribution in [0.3, 0.4) is 0 Å². The number of hydrazine groups is 1. The largest absolute Gasteiger partial charge is 0.480 e. The molecule has 2 aliphatic rings. The number of urea groups is 1. The second-order valence-electron chi connectivity index (χ2n) is 4.98. The zero-order valence-electron chi connectivity index (χ0n) is 11.0. The Balaban J connectivity index is 1.91. The SMILES string of the molecule is O=C(O)CN(C(=O)NN1CCOCC1)C1CCCC1. The number of amides is 2. The number of carboxylic acids is 1. The first kappa shape index (κ1) is 14.1. The van der Waals surface area contributed by atoms with Crippen LogP contribution in [0.1, 0.15) is 25.7 Å². The van der Waals surface area contributed by atoms with Crippen LogP contribution in [0.15, 0.2) is 0 Å². The van der Waals surface area contributed by atoms with Crippen LogP contribution in [0.5, 0.6) is 0 Å². The summed E-state index contributed by atoms with van der Waals surface area (Å²) < 4.78 is 5.21. The first-order chi connectivity index (χ1) is 9.16. The number of morpholine rings is 1. The molecule has 0 aromatic heterocycles. The number of rotatable bonds is 4. The third kappa shape index (κ3) is 4.07. The van der Waals surface area contributed by atoms with Crippen molar-refractivity contribution in [2.24, 2.45) is 0 Å². The highest BCUT2D eigenvalue weighted by atomic mass is 16.5. The van der Waals surface area contributed by atoms with Gasteiger partial charge in [-0.2, -0.15) is 0 Å². The number of aliphatic carboxylic acids is 1. The average molecular weight is 271 g/mol. The normalized spacial score (nSPS) is 21.3. The van der Waals surface area contributed by atoms with Crippen molar-refractivity contribution in [3.63, 3.8) is 0 Å². The van der Waals surface area contributed by atoms with E-state index >= 15 is 0 Å². The molecular weight excluding hydrogens is 250 g/mol. The molecule has 7 heteroatoms. The summed E-state index contributed by atoms with van der Waals surface area (Å²) in [6, 6.07) is -0.256. The molecule has 2 N–H and O–H groups in total. The van der Waals surface area contributed by atoms with Gasteiger partial charge in [-0.1, -0.05) is 12.8 Å². The minimum absolute atomic E-state index is 0.0529. The Kier molecular flexibility index (Phi) is 4.98. The Morgan fingerprint density at radius 1 is 1.26 bits per heavy atom. The van der Waals surface area contributed by atoms with Crippen molar-refractivity contribution in [2.45, 2.75) is 31.7 Å². The van der Waals surface area contributed by atoms with Gasteiger partial charge in [0.05, 0.1) is 13.2 Å². The van der Waals surface area contributed by atoms with E-state index in [9.17, 15) is 9.59 Å². The minimum Gasteiger partial charge on any atom is -0.480 e. The van der Waals surface area contributed by atoms with Gasteiger partial charge in [0.1, 0.15) is 6.54 Å². The molecule has 7 nitrogen and oxygen atoms in total. The highest BCUT2D eigenvalue weighted by Gasteiger charge is 2.29. The summed E-state index contributed by atoms with van der Waals surface area (Å²) in [5, 5.41) is 10.7. The van der Waals surface area contributed by atoms with Crippen molar-refractivity contribution in [1.29, 1.82) is 0 Å². The van der Waals surface area contributed by atoms with Crippen LogP contribution in [0.2, 0.25) is 0 Å². The Morgan fingerprint density at radius 3 is 2.47 bits per heavy atom. The molecule has 0 unspecified atom stereocenters. The minimum atomic E-state index is -0.968. The Labute approximate surface area is 112 Å². The van der Waals surface area contributed by atoms with Crippen LogP contribution in [-0.2, 0) is 9.53 Å². The molecule has 2 amide bonds. The summed E-state index contributed by atoms with van der Waals surface area (Å²) in [6.07, 6.45) is 3.91. The number of carbonyl (C=O) groups is 2. The standard InChI is InChI=1S/C12H21N3O4/c16-11(17)9-15(10-3-1-2-4-10)12(18)13-14-5-7-19-8-6-14/h10H,1-9H2,(H,13,18)(H,16,17). The predicted octanol–water partition coefficient (Wildman–Crippen LogP) is 0.272. The molecule has 0 aromatic rings. The molecule has 2 fully saturated rings. The fraction of sp³-hybridized carbons (Fsp3) is 0.833. The van der Waals surface area contributed by atoms with Gasteiger partial charge in [0.2, 0.25) is 0 Å². The highest BCUT2D eigenvalue weighted by molar-refractivity contribution is 5.80. The van der Waals surface area contributed by atoms with Crippen molar-refractivity contribution in [1.82, 2.24) is 15.3 Å². The van der Waals surface area contributed by atoms with E-state index in [0.29, 0.717) is 26.3 Å². The summed E-state index contributed by atoms with van der Waals surface area (Å²) >= 11 is 0. The molecule has 19 heavy (non-hydrogen) atoms. The Bertz CT molecular complexity index is 325. The first-order valence-corrected chi connectivity index (χ1v) is 6.78. The van der Waals surface area contributed by atoms with Crippen molar-refractivity contribution >= 4 is 12.0 Å². The summed E-state index contributed by atoms with van der Waals surface area (Å²) in [6.45, 7) is 2.21. The molecule has 0 spiro atoms. The van der Waals surface area contributed by atoms with E-state index in [0.717, 1.165) is 25.7 Å². The summed E-state index contributed by atoms with van der Waals surface area (Å²) in [5.74, 6) is -0.968. The van der Waals surface area contributed by atoms with E-state index in [1.807, 2.05) is 0 Å². The maximum absolute atomic E-state index is 12.2. The number of nitrogens with zero attached hydrogens (tertiary/aromatic N) is 2. The number of carboxylic acid groups (broad SMARTS) is 1. The van der Waals surface area contributed by atoms with Crippen molar-refractivity contribution < 1.29 is 19.4 Å². The molecule has 2 rings (SSSR count). The lowest BCUT2D eigenvalue weighted by Gasteiger charge is -2.32. The number of ether oxygens (including phenoxy) is 1. The van der Waals surface area contributed by atoms with Crippen LogP contribution < -0.4 is 5.43 Å². The van der Waals surface area contributed by atoms with Crippen molar-refractivity contribution in [3.8, 4) is 0 Å². The lowest BCUT2D eigenvalue weighted by Crippen LogP contribution is -2.55. The van der Waals surface area contributed by atoms with E-state index in [2.05, 4.69) is 5.43 Å². The highest BCUT2D eigenvalue weighted by Crippen LogP contribution is 2.23. The summed E-state index contributed by atoms with van der Waals surface area (Å²) in [7, 11) is 0. The molecule has 0 atom stereocenters. The van der Waals surface area contributed by atoms with E-state index in [-0.39, 0.29) is 18.6 Å². The zero-order chi connectivity index (χ0) is 13.7. The second kappa shape index (κ2) is 6.72. The Hall–Kier alpha value is -1.34. The molecule has 108 valence electrons. The first-order valence-electron chi connectivity index (χ1n) is 6.78. The van der Waals surface area contributed by atoms with Gasteiger partial charge in [0, 0.05) is 19.1 Å². The topological polar surface area (TPSA) is 82.1 Å². The van der Waals surface area contributed by atoms with Crippen molar-refractivity contribution in [2.75, 3.05) is 32.8 Å². The van der Waals surface area contributed by atoms with Crippen LogP contribution >= 0.6 is 0 Å². The third-order valence-electron chi connectivity index (χ3n) is 3.60. The van der Waals surface area contributed by atoms with E-state index in [4.69, 9.17) is 9.84 Å². The van der Waals surface area contributed by atoms with Gasteiger partial charge in [-0.3, -0.25) is 10.2 Å². The van der Waals surface area contributed by atoms with Gasteiger partial charge in [0.25, 0.3) is 0 Å². The molecule has 0 bridgehead atoms.